The summed E-state index contributed by atoms with van der Waals surface area (Å²) in [6.45, 7) is 4.21. The standard InChI is InChI=1S/C13H16N2S/c1-9-6-4-5-7-11(9)12(14-3)13-10(2)15-8-16-13/h4-8,12,14H,1-3H3. The van der Waals surface area contributed by atoms with Gasteiger partial charge >= 0.3 is 0 Å². The Balaban J connectivity index is 2.45. The number of nitrogens with one attached hydrogen (secondary N) is 1. The zero-order chi connectivity index (χ0) is 11.5. The lowest BCUT2D eigenvalue weighted by Gasteiger charge is -2.17. The molecular weight excluding hydrogens is 216 g/mol. The van der Waals surface area contributed by atoms with Crippen LogP contribution >= 0.6 is 11.3 Å². The average molecular weight is 232 g/mol. The smallest absolute Gasteiger partial charge is 0.0798 e. The van der Waals surface area contributed by atoms with Gasteiger partial charge in [-0.3, -0.25) is 0 Å². The lowest BCUT2D eigenvalue weighted by atomic mass is 9.99. The number of rotatable bonds is 3. The lowest BCUT2D eigenvalue weighted by molar-refractivity contribution is 0.693. The lowest BCUT2D eigenvalue weighted by Crippen LogP contribution is -2.18. The Morgan fingerprint density at radius 3 is 2.56 bits per heavy atom. The number of hydrogen-bond donors (Lipinski definition) is 1. The van der Waals surface area contributed by atoms with Crippen molar-refractivity contribution in [1.29, 1.82) is 0 Å². The molecule has 1 N–H and O–H groups in total. The molecule has 1 heterocycles. The van der Waals surface area contributed by atoms with Crippen LogP contribution in [0.4, 0.5) is 0 Å². The summed E-state index contributed by atoms with van der Waals surface area (Å²) in [7, 11) is 2.00. The van der Waals surface area contributed by atoms with Crippen LogP contribution in [-0.2, 0) is 0 Å². The van der Waals surface area contributed by atoms with E-state index in [4.69, 9.17) is 0 Å². The normalized spacial score (nSPS) is 12.7. The molecule has 1 unspecified atom stereocenters. The Hall–Kier alpha value is -1.19. The van der Waals surface area contributed by atoms with Gasteiger partial charge in [0.05, 0.1) is 17.2 Å². The number of nitrogens with zero attached hydrogens (tertiary/aromatic N) is 1. The minimum Gasteiger partial charge on any atom is -0.309 e. The molecule has 0 aliphatic carbocycles. The van der Waals surface area contributed by atoms with Gasteiger partial charge in [-0.2, -0.15) is 0 Å². The molecule has 2 rings (SSSR count). The summed E-state index contributed by atoms with van der Waals surface area (Å²) >= 11 is 1.71. The highest BCUT2D eigenvalue weighted by molar-refractivity contribution is 7.09. The highest BCUT2D eigenvalue weighted by atomic mass is 32.1. The zero-order valence-electron chi connectivity index (χ0n) is 9.82. The minimum atomic E-state index is 0.258. The number of aryl methyl sites for hydroxylation is 2. The molecule has 0 spiro atoms. The third-order valence-corrected chi connectivity index (χ3v) is 3.83. The van der Waals surface area contributed by atoms with Crippen LogP contribution in [0.15, 0.2) is 29.8 Å². The van der Waals surface area contributed by atoms with Crippen molar-refractivity contribution < 1.29 is 0 Å². The van der Waals surface area contributed by atoms with E-state index in [1.165, 1.54) is 16.0 Å². The molecule has 0 bridgehead atoms. The van der Waals surface area contributed by atoms with E-state index in [0.717, 1.165) is 5.69 Å². The molecule has 0 radical (unpaired) electrons. The first-order chi connectivity index (χ1) is 7.74. The molecule has 0 aliphatic rings. The topological polar surface area (TPSA) is 24.9 Å². The number of aromatic nitrogens is 1. The van der Waals surface area contributed by atoms with E-state index in [9.17, 15) is 0 Å². The molecule has 0 saturated heterocycles. The Morgan fingerprint density at radius 2 is 2.00 bits per heavy atom. The van der Waals surface area contributed by atoms with Crippen LogP contribution < -0.4 is 5.32 Å². The molecule has 2 nitrogen and oxygen atoms in total. The summed E-state index contributed by atoms with van der Waals surface area (Å²) in [5.41, 5.74) is 5.67. The van der Waals surface area contributed by atoms with Gasteiger partial charge in [0.15, 0.2) is 0 Å². The summed E-state index contributed by atoms with van der Waals surface area (Å²) in [5.74, 6) is 0. The van der Waals surface area contributed by atoms with E-state index in [2.05, 4.69) is 48.4 Å². The highest BCUT2D eigenvalue weighted by Crippen LogP contribution is 2.29. The van der Waals surface area contributed by atoms with E-state index >= 15 is 0 Å². The van der Waals surface area contributed by atoms with E-state index < -0.39 is 0 Å². The fourth-order valence-corrected chi connectivity index (χ4v) is 2.86. The van der Waals surface area contributed by atoms with Crippen molar-refractivity contribution in [3.8, 4) is 0 Å². The summed E-state index contributed by atoms with van der Waals surface area (Å²) in [4.78, 5) is 5.62. The van der Waals surface area contributed by atoms with Gasteiger partial charge in [-0.25, -0.2) is 4.98 Å². The van der Waals surface area contributed by atoms with Crippen molar-refractivity contribution >= 4 is 11.3 Å². The van der Waals surface area contributed by atoms with Crippen molar-refractivity contribution in [3.05, 3.63) is 51.5 Å². The SMILES string of the molecule is CNC(c1ccccc1C)c1scnc1C. The van der Waals surface area contributed by atoms with Crippen molar-refractivity contribution in [1.82, 2.24) is 10.3 Å². The summed E-state index contributed by atoms with van der Waals surface area (Å²) in [6.07, 6.45) is 0. The molecule has 84 valence electrons. The van der Waals surface area contributed by atoms with Gasteiger partial charge in [0, 0.05) is 4.88 Å². The van der Waals surface area contributed by atoms with Gasteiger partial charge in [-0.15, -0.1) is 11.3 Å². The Morgan fingerprint density at radius 1 is 1.25 bits per heavy atom. The average Bonchev–Trinajstić information content (AvgIpc) is 2.69. The maximum atomic E-state index is 4.32. The summed E-state index contributed by atoms with van der Waals surface area (Å²) in [6, 6.07) is 8.74. The first kappa shape index (κ1) is 11.3. The Bertz CT molecular complexity index is 476. The second-order valence-electron chi connectivity index (χ2n) is 3.88. The van der Waals surface area contributed by atoms with Crippen LogP contribution in [-0.4, -0.2) is 12.0 Å². The van der Waals surface area contributed by atoms with Crippen LogP contribution in [0.2, 0.25) is 0 Å². The molecular formula is C13H16N2S. The summed E-state index contributed by atoms with van der Waals surface area (Å²) < 4.78 is 0. The fraction of sp³-hybridized carbons (Fsp3) is 0.308. The van der Waals surface area contributed by atoms with Crippen LogP contribution in [0, 0.1) is 13.8 Å². The van der Waals surface area contributed by atoms with E-state index in [0.29, 0.717) is 0 Å². The fourth-order valence-electron chi connectivity index (χ4n) is 1.93. The number of hydrogen-bond acceptors (Lipinski definition) is 3. The van der Waals surface area contributed by atoms with Gasteiger partial charge in [-0.05, 0) is 32.0 Å². The highest BCUT2D eigenvalue weighted by Gasteiger charge is 2.17. The molecule has 1 aromatic carbocycles. The molecule has 0 saturated carbocycles. The van der Waals surface area contributed by atoms with E-state index in [1.54, 1.807) is 11.3 Å². The predicted octanol–water partition coefficient (Wildman–Crippen LogP) is 3.07. The third-order valence-electron chi connectivity index (χ3n) is 2.83. The maximum absolute atomic E-state index is 4.32. The first-order valence-electron chi connectivity index (χ1n) is 5.37. The van der Waals surface area contributed by atoms with Crippen molar-refractivity contribution in [2.45, 2.75) is 19.9 Å². The van der Waals surface area contributed by atoms with Crippen molar-refractivity contribution in [3.63, 3.8) is 0 Å². The van der Waals surface area contributed by atoms with Crippen molar-refractivity contribution in [2.75, 3.05) is 7.05 Å². The molecule has 0 aliphatic heterocycles. The van der Waals surface area contributed by atoms with Crippen LogP contribution in [0.25, 0.3) is 0 Å². The number of thiazole rings is 1. The predicted molar refractivity (Wildman–Crippen MR) is 68.9 cm³/mol. The molecule has 16 heavy (non-hydrogen) atoms. The largest absolute Gasteiger partial charge is 0.309 e. The molecule has 3 heteroatoms. The Labute approximate surface area is 100 Å². The molecule has 0 fully saturated rings. The molecule has 0 amide bonds. The second kappa shape index (κ2) is 4.76. The maximum Gasteiger partial charge on any atom is 0.0798 e. The first-order valence-corrected chi connectivity index (χ1v) is 6.24. The molecule has 1 atom stereocenters. The van der Waals surface area contributed by atoms with Gasteiger partial charge in [0.2, 0.25) is 0 Å². The van der Waals surface area contributed by atoms with Gasteiger partial charge in [0.1, 0.15) is 0 Å². The van der Waals surface area contributed by atoms with Crippen molar-refractivity contribution in [2.24, 2.45) is 0 Å². The Kier molecular flexibility index (Phi) is 3.36. The van der Waals surface area contributed by atoms with E-state index in [-0.39, 0.29) is 6.04 Å². The van der Waals surface area contributed by atoms with Gasteiger partial charge < -0.3 is 5.32 Å². The molecule has 1 aromatic heterocycles. The van der Waals surface area contributed by atoms with Gasteiger partial charge in [0.25, 0.3) is 0 Å². The van der Waals surface area contributed by atoms with Crippen LogP contribution in [0.5, 0.6) is 0 Å². The van der Waals surface area contributed by atoms with Crippen LogP contribution in [0.3, 0.4) is 0 Å². The zero-order valence-corrected chi connectivity index (χ0v) is 10.6. The second-order valence-corrected chi connectivity index (χ2v) is 4.77. The summed E-state index contributed by atoms with van der Waals surface area (Å²) in [5, 5.41) is 3.37. The monoisotopic (exact) mass is 232 g/mol. The third kappa shape index (κ3) is 2.01. The molecule has 2 aromatic rings. The number of benzene rings is 1. The van der Waals surface area contributed by atoms with E-state index in [1.807, 2.05) is 12.6 Å². The van der Waals surface area contributed by atoms with Gasteiger partial charge in [-0.1, -0.05) is 24.3 Å². The minimum absolute atomic E-state index is 0.258. The van der Waals surface area contributed by atoms with Crippen LogP contribution in [0.1, 0.15) is 27.7 Å². The quantitative estimate of drug-likeness (QED) is 0.879.